The predicted molar refractivity (Wildman–Crippen MR) is 115 cm³/mol. The van der Waals surface area contributed by atoms with E-state index in [1.165, 1.54) is 38.5 Å². The zero-order chi connectivity index (χ0) is 18.5. The van der Waals surface area contributed by atoms with Gasteiger partial charge in [-0.2, -0.15) is 0 Å². The van der Waals surface area contributed by atoms with E-state index in [-0.39, 0.29) is 14.6 Å². The lowest BCUT2D eigenvalue weighted by Crippen LogP contribution is -2.28. The molecule has 26 heavy (non-hydrogen) atoms. The molecule has 3 rings (SSSR count). The molecule has 1 heterocycles. The summed E-state index contributed by atoms with van der Waals surface area (Å²) in [6, 6.07) is 8.71. The second kappa shape index (κ2) is 9.73. The summed E-state index contributed by atoms with van der Waals surface area (Å²) in [6.07, 6.45) is 12.2. The maximum Gasteiger partial charge on any atom is 0.144 e. The van der Waals surface area contributed by atoms with Crippen LogP contribution in [0.25, 0.3) is 0 Å². The average Bonchev–Trinajstić information content (AvgIpc) is 2.67. The molecule has 0 N–H and O–H groups in total. The molecule has 0 nitrogen and oxygen atoms in total. The maximum atomic E-state index is 14.0. The van der Waals surface area contributed by atoms with Gasteiger partial charge in [0.05, 0.1) is 5.02 Å². The van der Waals surface area contributed by atoms with Crippen molar-refractivity contribution >= 4 is 20.4 Å². The van der Waals surface area contributed by atoms with Crippen molar-refractivity contribution in [3.63, 3.8) is 0 Å². The first-order chi connectivity index (χ1) is 12.6. The lowest BCUT2D eigenvalue weighted by molar-refractivity contribution is 0.186. The van der Waals surface area contributed by atoms with Gasteiger partial charge in [0, 0.05) is 8.80 Å². The van der Waals surface area contributed by atoms with Crippen molar-refractivity contribution < 1.29 is 4.39 Å². The van der Waals surface area contributed by atoms with Gasteiger partial charge < -0.3 is 0 Å². The topological polar surface area (TPSA) is 0 Å². The molecule has 0 atom stereocenters. The molecule has 146 valence electrons. The Kier molecular flexibility index (Phi) is 7.63. The molecule has 1 aliphatic heterocycles. The highest BCUT2D eigenvalue weighted by molar-refractivity contribution is 6.58. The van der Waals surface area contributed by atoms with Crippen LogP contribution in [-0.2, 0) is 6.42 Å². The van der Waals surface area contributed by atoms with Crippen LogP contribution in [0.4, 0.5) is 4.39 Å². The minimum Gasteiger partial charge on any atom is -0.205 e. The monoisotopic (exact) mass is 394 g/mol. The third kappa shape index (κ3) is 5.13. The van der Waals surface area contributed by atoms with Crippen molar-refractivity contribution in [2.75, 3.05) is 0 Å². The minimum atomic E-state index is -0.333. The van der Waals surface area contributed by atoms with Crippen LogP contribution in [0.5, 0.6) is 0 Å². The largest absolute Gasteiger partial charge is 0.205 e. The van der Waals surface area contributed by atoms with E-state index in [1.807, 2.05) is 12.1 Å². The first-order valence-corrected chi connectivity index (χ1v) is 13.8. The molecule has 1 aromatic rings. The van der Waals surface area contributed by atoms with Crippen molar-refractivity contribution in [1.29, 1.82) is 0 Å². The molecular formula is C23H36ClFSi. The van der Waals surface area contributed by atoms with Crippen molar-refractivity contribution in [2.45, 2.75) is 89.8 Å². The first kappa shape index (κ1) is 20.4. The molecule has 0 spiro atoms. The quantitative estimate of drug-likeness (QED) is 0.436. The van der Waals surface area contributed by atoms with Crippen molar-refractivity contribution in [3.8, 4) is 0 Å². The van der Waals surface area contributed by atoms with Crippen LogP contribution in [0.2, 0.25) is 23.2 Å². The SMILES string of the molecule is CCC[SiH]1CCC(C2CCC(CCc3ccc(C)c(F)c3Cl)CC2)CC1. The number of halogens is 2. The summed E-state index contributed by atoms with van der Waals surface area (Å²) < 4.78 is 14.0. The molecule has 1 aliphatic carbocycles. The van der Waals surface area contributed by atoms with Crippen molar-refractivity contribution in [1.82, 2.24) is 0 Å². The van der Waals surface area contributed by atoms with E-state index in [0.717, 1.165) is 29.7 Å². The van der Waals surface area contributed by atoms with Gasteiger partial charge in [0.15, 0.2) is 0 Å². The summed E-state index contributed by atoms with van der Waals surface area (Å²) in [5.41, 5.74) is 1.65. The molecule has 0 aromatic heterocycles. The van der Waals surface area contributed by atoms with Crippen molar-refractivity contribution in [3.05, 3.63) is 34.1 Å². The number of aryl methyl sites for hydroxylation is 2. The van der Waals surface area contributed by atoms with E-state index in [2.05, 4.69) is 6.92 Å². The van der Waals surface area contributed by atoms with Gasteiger partial charge in [-0.1, -0.05) is 80.9 Å². The summed E-state index contributed by atoms with van der Waals surface area (Å²) in [5, 5.41) is 0.353. The highest BCUT2D eigenvalue weighted by atomic mass is 35.5. The zero-order valence-electron chi connectivity index (χ0n) is 16.7. The Morgan fingerprint density at radius 1 is 1.04 bits per heavy atom. The molecule has 2 fully saturated rings. The van der Waals surface area contributed by atoms with Gasteiger partial charge >= 0.3 is 0 Å². The summed E-state index contributed by atoms with van der Waals surface area (Å²) in [5.74, 6) is 2.63. The molecule has 0 radical (unpaired) electrons. The fraction of sp³-hybridized carbons (Fsp3) is 0.739. The second-order valence-corrected chi connectivity index (χ2v) is 12.9. The normalized spacial score (nSPS) is 29.7. The standard InChI is InChI=1S/C23H36ClFSi/c1-3-14-26-15-12-20(13-16-26)19-9-5-18(6-10-19)7-11-21-8-4-17(2)23(25)22(21)24/h4,8,18-20,26H,3,5-7,9-16H2,1-2H3. The van der Waals surface area contributed by atoms with Gasteiger partial charge in [-0.25, -0.2) is 4.39 Å². The van der Waals surface area contributed by atoms with Crippen LogP contribution in [0.15, 0.2) is 12.1 Å². The lowest BCUT2D eigenvalue weighted by Gasteiger charge is -2.37. The van der Waals surface area contributed by atoms with Crippen LogP contribution < -0.4 is 0 Å². The van der Waals surface area contributed by atoms with E-state index in [1.54, 1.807) is 37.9 Å². The molecule has 1 saturated carbocycles. The van der Waals surface area contributed by atoms with E-state index < -0.39 is 0 Å². The predicted octanol–water partition coefficient (Wildman–Crippen LogP) is 7.57. The number of benzene rings is 1. The molecular weight excluding hydrogens is 359 g/mol. The Labute approximate surface area is 166 Å². The van der Waals surface area contributed by atoms with Crippen LogP contribution in [0.3, 0.4) is 0 Å². The van der Waals surface area contributed by atoms with E-state index >= 15 is 0 Å². The summed E-state index contributed by atoms with van der Waals surface area (Å²) in [4.78, 5) is 0. The molecule has 3 heteroatoms. The smallest absolute Gasteiger partial charge is 0.144 e. The summed E-state index contributed by atoms with van der Waals surface area (Å²) >= 11 is 6.20. The fourth-order valence-corrected chi connectivity index (χ4v) is 9.33. The van der Waals surface area contributed by atoms with Gasteiger partial charge in [-0.15, -0.1) is 0 Å². The van der Waals surface area contributed by atoms with Crippen LogP contribution >= 0.6 is 11.6 Å². The third-order valence-electron chi connectivity index (χ3n) is 7.32. The molecule has 0 unspecified atom stereocenters. The lowest BCUT2D eigenvalue weighted by atomic mass is 9.73. The van der Waals surface area contributed by atoms with Gasteiger partial charge in [-0.3, -0.25) is 0 Å². The van der Waals surface area contributed by atoms with E-state index in [4.69, 9.17) is 11.6 Å². The highest BCUT2D eigenvalue weighted by Crippen LogP contribution is 2.42. The summed E-state index contributed by atoms with van der Waals surface area (Å²) in [6.45, 7) is 4.14. The fourth-order valence-electron chi connectivity index (χ4n) is 5.54. The number of hydrogen-bond acceptors (Lipinski definition) is 0. The van der Waals surface area contributed by atoms with Gasteiger partial charge in [0.25, 0.3) is 0 Å². The Morgan fingerprint density at radius 3 is 2.35 bits per heavy atom. The molecule has 0 bridgehead atoms. The second-order valence-electron chi connectivity index (χ2n) is 9.06. The van der Waals surface area contributed by atoms with Crippen LogP contribution in [0, 0.1) is 30.5 Å². The zero-order valence-corrected chi connectivity index (χ0v) is 18.6. The minimum absolute atomic E-state index is 0.227. The number of rotatable bonds is 6. The summed E-state index contributed by atoms with van der Waals surface area (Å²) in [7, 11) is -0.333. The first-order valence-electron chi connectivity index (χ1n) is 11.0. The van der Waals surface area contributed by atoms with Gasteiger partial charge in [0.2, 0.25) is 0 Å². The Morgan fingerprint density at radius 2 is 1.69 bits per heavy atom. The van der Waals surface area contributed by atoms with E-state index in [9.17, 15) is 4.39 Å². The molecule has 0 amide bonds. The van der Waals surface area contributed by atoms with E-state index in [0.29, 0.717) is 10.6 Å². The molecule has 1 saturated heterocycles. The molecule has 1 aromatic carbocycles. The highest BCUT2D eigenvalue weighted by Gasteiger charge is 2.30. The Hall–Kier alpha value is -0.343. The van der Waals surface area contributed by atoms with Gasteiger partial charge in [-0.05, 0) is 61.5 Å². The number of hydrogen-bond donors (Lipinski definition) is 0. The Bertz CT molecular complexity index is 572. The Balaban J connectivity index is 1.41. The van der Waals surface area contributed by atoms with Crippen LogP contribution in [0.1, 0.15) is 69.4 Å². The maximum absolute atomic E-state index is 14.0. The van der Waals surface area contributed by atoms with Crippen LogP contribution in [-0.4, -0.2) is 8.80 Å². The van der Waals surface area contributed by atoms with Crippen molar-refractivity contribution in [2.24, 2.45) is 17.8 Å². The molecule has 2 aliphatic rings. The van der Waals surface area contributed by atoms with Gasteiger partial charge in [0.1, 0.15) is 5.82 Å². The average molecular weight is 395 g/mol. The third-order valence-corrected chi connectivity index (χ3v) is 11.4.